The number of carbonyl (C=O) groups excluding carboxylic acids is 1. The minimum absolute atomic E-state index is 0.285. The minimum Gasteiger partial charge on any atom is -0.466 e. The van der Waals surface area contributed by atoms with E-state index in [0.717, 1.165) is 6.07 Å². The molecule has 0 aromatic heterocycles. The van der Waals surface area contributed by atoms with Crippen LogP contribution >= 0.6 is 0 Å². The van der Waals surface area contributed by atoms with Crippen molar-refractivity contribution in [2.75, 3.05) is 24.6 Å². The van der Waals surface area contributed by atoms with Crippen LogP contribution in [-0.2, 0) is 9.53 Å². The molecule has 0 radical (unpaired) electrons. The molecule has 1 saturated heterocycles. The Hall–Kier alpha value is -2.71. The maximum atomic E-state index is 11.9. The van der Waals surface area contributed by atoms with Crippen LogP contribution in [0.15, 0.2) is 18.2 Å². The highest BCUT2D eigenvalue weighted by Gasteiger charge is 2.31. The zero-order valence-electron chi connectivity index (χ0n) is 12.6. The third kappa shape index (κ3) is 3.74. The number of piperidine rings is 1. The first-order chi connectivity index (χ1) is 10.9. The molecular weight excluding hydrogens is 306 g/mol. The lowest BCUT2D eigenvalue weighted by atomic mass is 9.97. The number of anilines is 1. The molecule has 23 heavy (non-hydrogen) atoms. The van der Waals surface area contributed by atoms with E-state index in [9.17, 15) is 25.0 Å². The van der Waals surface area contributed by atoms with Gasteiger partial charge in [-0.15, -0.1) is 0 Å². The summed E-state index contributed by atoms with van der Waals surface area (Å²) < 4.78 is 5.01. The molecule has 0 N–H and O–H groups in total. The Bertz CT molecular complexity index is 633. The zero-order chi connectivity index (χ0) is 17.0. The summed E-state index contributed by atoms with van der Waals surface area (Å²) in [6, 6.07) is 3.55. The number of rotatable bonds is 5. The number of esters is 1. The second kappa shape index (κ2) is 7.03. The van der Waals surface area contributed by atoms with E-state index in [-0.39, 0.29) is 35.6 Å². The molecule has 1 heterocycles. The van der Waals surface area contributed by atoms with Gasteiger partial charge in [0.25, 0.3) is 11.4 Å². The number of carbonyl (C=O) groups is 1. The van der Waals surface area contributed by atoms with Crippen molar-refractivity contribution in [3.63, 3.8) is 0 Å². The van der Waals surface area contributed by atoms with Gasteiger partial charge >= 0.3 is 5.97 Å². The maximum absolute atomic E-state index is 11.9. The first-order valence-electron chi connectivity index (χ1n) is 7.28. The normalized spacial score (nSPS) is 17.6. The lowest BCUT2D eigenvalue weighted by Gasteiger charge is -2.32. The van der Waals surface area contributed by atoms with Gasteiger partial charge < -0.3 is 9.64 Å². The fourth-order valence-corrected chi connectivity index (χ4v) is 2.69. The van der Waals surface area contributed by atoms with Gasteiger partial charge in [-0.2, -0.15) is 0 Å². The number of nitrogens with zero attached hydrogens (tertiary/aromatic N) is 3. The highest BCUT2D eigenvalue weighted by Crippen LogP contribution is 2.34. The number of non-ortho nitro benzene ring substituents is 1. The molecule has 1 aliphatic rings. The Kier molecular flexibility index (Phi) is 5.09. The lowest BCUT2D eigenvalue weighted by molar-refractivity contribution is -0.393. The van der Waals surface area contributed by atoms with Crippen molar-refractivity contribution in [2.45, 2.75) is 19.8 Å². The van der Waals surface area contributed by atoms with Gasteiger partial charge in [0.1, 0.15) is 5.69 Å². The molecule has 0 unspecified atom stereocenters. The second-order valence-corrected chi connectivity index (χ2v) is 5.22. The molecule has 0 amide bonds. The third-order valence-corrected chi connectivity index (χ3v) is 3.75. The summed E-state index contributed by atoms with van der Waals surface area (Å²) in [5.74, 6) is -0.666. The largest absolute Gasteiger partial charge is 0.466 e. The lowest BCUT2D eigenvalue weighted by Crippen LogP contribution is -2.39. The molecule has 0 aliphatic carbocycles. The number of hydrogen-bond acceptors (Lipinski definition) is 7. The van der Waals surface area contributed by atoms with E-state index in [2.05, 4.69) is 0 Å². The molecule has 2 rings (SSSR count). The average Bonchev–Trinajstić information content (AvgIpc) is 2.54. The van der Waals surface area contributed by atoms with Gasteiger partial charge in [-0.3, -0.25) is 25.0 Å². The molecule has 0 bridgehead atoms. The van der Waals surface area contributed by atoms with Crippen LogP contribution in [0, 0.1) is 26.1 Å². The van der Waals surface area contributed by atoms with E-state index in [4.69, 9.17) is 4.74 Å². The van der Waals surface area contributed by atoms with E-state index in [1.165, 1.54) is 12.1 Å². The first kappa shape index (κ1) is 16.7. The van der Waals surface area contributed by atoms with Gasteiger partial charge in [0, 0.05) is 19.2 Å². The minimum atomic E-state index is -0.672. The summed E-state index contributed by atoms with van der Waals surface area (Å²) in [6.45, 7) is 2.86. The Morgan fingerprint density at radius 3 is 2.70 bits per heavy atom. The zero-order valence-corrected chi connectivity index (χ0v) is 12.6. The predicted octanol–water partition coefficient (Wildman–Crippen LogP) is 2.28. The molecule has 9 nitrogen and oxygen atoms in total. The average molecular weight is 323 g/mol. The Morgan fingerprint density at radius 2 is 2.09 bits per heavy atom. The van der Waals surface area contributed by atoms with E-state index < -0.39 is 9.85 Å². The van der Waals surface area contributed by atoms with Crippen LogP contribution in [0.3, 0.4) is 0 Å². The molecule has 124 valence electrons. The van der Waals surface area contributed by atoms with Gasteiger partial charge in [-0.1, -0.05) is 0 Å². The van der Waals surface area contributed by atoms with Crippen molar-refractivity contribution in [2.24, 2.45) is 5.92 Å². The molecule has 1 atom stereocenters. The Morgan fingerprint density at radius 1 is 1.35 bits per heavy atom. The van der Waals surface area contributed by atoms with Crippen LogP contribution < -0.4 is 4.90 Å². The van der Waals surface area contributed by atoms with Crippen molar-refractivity contribution in [1.29, 1.82) is 0 Å². The molecule has 1 aromatic rings. The molecular formula is C14H17N3O6. The fourth-order valence-electron chi connectivity index (χ4n) is 2.69. The summed E-state index contributed by atoms with van der Waals surface area (Å²) >= 11 is 0. The molecule has 1 aliphatic heterocycles. The van der Waals surface area contributed by atoms with E-state index in [1.54, 1.807) is 11.8 Å². The summed E-state index contributed by atoms with van der Waals surface area (Å²) in [6.07, 6.45) is 1.35. The van der Waals surface area contributed by atoms with E-state index >= 15 is 0 Å². The summed E-state index contributed by atoms with van der Waals surface area (Å²) in [5, 5.41) is 22.0. The van der Waals surface area contributed by atoms with Crippen molar-refractivity contribution in [3.05, 3.63) is 38.4 Å². The van der Waals surface area contributed by atoms with Crippen molar-refractivity contribution in [1.82, 2.24) is 0 Å². The smallest absolute Gasteiger partial charge is 0.310 e. The second-order valence-electron chi connectivity index (χ2n) is 5.22. The standard InChI is InChI=1S/C14H17N3O6/c1-2-23-14(18)10-4-3-7-15(9-10)12-6-5-11(16(19)20)8-13(12)17(21)22/h5-6,8,10H,2-4,7,9H2,1H3/t10-/m1/s1. The van der Waals surface area contributed by atoms with Crippen LogP contribution in [0.5, 0.6) is 0 Å². The van der Waals surface area contributed by atoms with E-state index in [1.807, 2.05) is 0 Å². The third-order valence-electron chi connectivity index (χ3n) is 3.75. The van der Waals surface area contributed by atoms with Crippen LogP contribution in [-0.4, -0.2) is 35.5 Å². The predicted molar refractivity (Wildman–Crippen MR) is 81.3 cm³/mol. The topological polar surface area (TPSA) is 116 Å². The summed E-state index contributed by atoms with van der Waals surface area (Å²) in [4.78, 5) is 34.3. The van der Waals surface area contributed by atoms with Gasteiger partial charge in [-0.25, -0.2) is 0 Å². The molecule has 1 aromatic carbocycles. The number of hydrogen-bond donors (Lipinski definition) is 0. The van der Waals surface area contributed by atoms with Crippen LogP contribution in [0.1, 0.15) is 19.8 Å². The SMILES string of the molecule is CCOC(=O)[C@@H]1CCCN(c2ccc([N+](=O)[O-])cc2[N+](=O)[O-])C1. The molecule has 9 heteroatoms. The number of nitro groups is 2. The first-order valence-corrected chi connectivity index (χ1v) is 7.28. The quantitative estimate of drug-likeness (QED) is 0.463. The van der Waals surface area contributed by atoms with Crippen LogP contribution in [0.2, 0.25) is 0 Å². The molecule has 1 fully saturated rings. The Balaban J connectivity index is 2.28. The highest BCUT2D eigenvalue weighted by atomic mass is 16.6. The summed E-state index contributed by atoms with van der Waals surface area (Å²) in [5.41, 5.74) is -0.377. The number of benzene rings is 1. The molecule has 0 spiro atoms. The van der Waals surface area contributed by atoms with Gasteiger partial charge in [0.2, 0.25) is 0 Å². The fraction of sp³-hybridized carbons (Fsp3) is 0.500. The van der Waals surface area contributed by atoms with Gasteiger partial charge in [-0.05, 0) is 25.8 Å². The monoisotopic (exact) mass is 323 g/mol. The molecule has 0 saturated carbocycles. The van der Waals surface area contributed by atoms with Crippen molar-refractivity contribution < 1.29 is 19.4 Å². The highest BCUT2D eigenvalue weighted by molar-refractivity contribution is 5.75. The van der Waals surface area contributed by atoms with E-state index in [0.29, 0.717) is 25.9 Å². The van der Waals surface area contributed by atoms with Crippen LogP contribution in [0.4, 0.5) is 17.1 Å². The van der Waals surface area contributed by atoms with Crippen LogP contribution in [0.25, 0.3) is 0 Å². The van der Waals surface area contributed by atoms with Gasteiger partial charge in [0.05, 0.1) is 28.4 Å². The van der Waals surface area contributed by atoms with Crippen molar-refractivity contribution in [3.8, 4) is 0 Å². The maximum Gasteiger partial charge on any atom is 0.310 e. The Labute approximate surface area is 132 Å². The number of nitro benzene ring substituents is 2. The van der Waals surface area contributed by atoms with Crippen molar-refractivity contribution >= 4 is 23.0 Å². The summed E-state index contributed by atoms with van der Waals surface area (Å²) in [7, 11) is 0. The number of ether oxygens (including phenoxy) is 1. The van der Waals surface area contributed by atoms with Gasteiger partial charge in [0.15, 0.2) is 0 Å².